The van der Waals surface area contributed by atoms with Crippen molar-refractivity contribution in [3.8, 4) is 11.6 Å². The maximum atomic E-state index is 14.0. The Hall–Kier alpha value is -3.32. The highest BCUT2D eigenvalue weighted by Crippen LogP contribution is 2.41. The van der Waals surface area contributed by atoms with Crippen molar-refractivity contribution in [3.05, 3.63) is 47.2 Å². The number of allylic oxidation sites excluding steroid dienone is 1. The second kappa shape index (κ2) is 12.2. The first-order valence-electron chi connectivity index (χ1n) is 12.3. The molecule has 0 aliphatic carbocycles. The van der Waals surface area contributed by atoms with E-state index in [1.165, 1.54) is 0 Å². The lowest BCUT2D eigenvalue weighted by Crippen LogP contribution is -2.44. The lowest BCUT2D eigenvalue weighted by atomic mass is 9.98. The number of aliphatic hydroxyl groups excluding tert-OH is 1. The Morgan fingerprint density at radius 1 is 1.31 bits per heavy atom. The van der Waals surface area contributed by atoms with Crippen LogP contribution in [-0.4, -0.2) is 55.4 Å². The maximum absolute atomic E-state index is 14.0. The minimum Gasteiger partial charge on any atom is -0.486 e. The number of ether oxygens (including phenoxy) is 2. The molecule has 2 heterocycles. The summed E-state index contributed by atoms with van der Waals surface area (Å²) in [6, 6.07) is 5.28. The maximum Gasteiger partial charge on any atom is 0.417 e. The van der Waals surface area contributed by atoms with Crippen LogP contribution in [0.25, 0.3) is 6.08 Å². The molecule has 3 rings (SSSR count). The average Bonchev–Trinajstić information content (AvgIpc) is 2.87. The predicted molar refractivity (Wildman–Crippen MR) is 137 cm³/mol. The van der Waals surface area contributed by atoms with E-state index in [0.29, 0.717) is 17.8 Å². The largest absolute Gasteiger partial charge is 0.486 e. The van der Waals surface area contributed by atoms with Gasteiger partial charge in [0.15, 0.2) is 4.90 Å². The van der Waals surface area contributed by atoms with Crippen molar-refractivity contribution in [3.63, 3.8) is 0 Å². The van der Waals surface area contributed by atoms with Gasteiger partial charge in [-0.05, 0) is 42.5 Å². The first kappa shape index (κ1) is 30.2. The van der Waals surface area contributed by atoms with Crippen molar-refractivity contribution in [2.24, 2.45) is 5.92 Å². The number of halogens is 3. The van der Waals surface area contributed by atoms with Crippen molar-refractivity contribution in [1.82, 2.24) is 4.98 Å². The highest BCUT2D eigenvalue weighted by molar-refractivity contribution is 7.93. The first-order chi connectivity index (χ1) is 18.3. The number of carboxylic acid groups (broad SMARTS) is 1. The number of aromatic nitrogens is 1. The van der Waals surface area contributed by atoms with Crippen LogP contribution >= 0.6 is 0 Å². The van der Waals surface area contributed by atoms with E-state index in [0.717, 1.165) is 16.3 Å². The lowest BCUT2D eigenvalue weighted by molar-refractivity contribution is -0.138. The first-order valence-corrected chi connectivity index (χ1v) is 13.8. The number of hydrogen-bond acceptors (Lipinski definition) is 7. The number of rotatable bonds is 11. The van der Waals surface area contributed by atoms with Crippen LogP contribution in [0, 0.1) is 5.92 Å². The topological polar surface area (TPSA) is 126 Å². The number of benzene rings is 1. The molecule has 1 unspecified atom stereocenters. The molecule has 1 aliphatic heterocycles. The summed E-state index contributed by atoms with van der Waals surface area (Å²) in [6.07, 6.45) is -2.99. The van der Waals surface area contributed by atoms with Crippen molar-refractivity contribution in [2.75, 3.05) is 24.1 Å². The molecule has 0 saturated heterocycles. The molecule has 2 aromatic rings. The van der Waals surface area contributed by atoms with Crippen molar-refractivity contribution < 1.29 is 46.1 Å². The van der Waals surface area contributed by atoms with Crippen LogP contribution in [0.2, 0.25) is 0 Å². The summed E-state index contributed by atoms with van der Waals surface area (Å²) >= 11 is 0. The van der Waals surface area contributed by atoms with Crippen molar-refractivity contribution in [2.45, 2.75) is 57.2 Å². The van der Waals surface area contributed by atoms with Crippen LogP contribution in [0.3, 0.4) is 0 Å². The van der Waals surface area contributed by atoms with Crippen LogP contribution < -0.4 is 13.8 Å². The molecule has 2 N–H and O–H groups in total. The number of carbonyl (C=O) groups is 1. The smallest absolute Gasteiger partial charge is 0.417 e. The highest BCUT2D eigenvalue weighted by Gasteiger charge is 2.39. The molecule has 1 aromatic heterocycles. The Balaban J connectivity index is 2.19. The van der Waals surface area contributed by atoms with E-state index in [4.69, 9.17) is 19.7 Å². The Morgan fingerprint density at radius 3 is 2.62 bits per heavy atom. The third kappa shape index (κ3) is 7.21. The van der Waals surface area contributed by atoms with Gasteiger partial charge in [0.1, 0.15) is 18.5 Å². The van der Waals surface area contributed by atoms with E-state index < -0.39 is 57.8 Å². The minimum atomic E-state index is -4.88. The molecule has 39 heavy (non-hydrogen) atoms. The molecule has 0 amide bonds. The van der Waals surface area contributed by atoms with Gasteiger partial charge in [0.2, 0.25) is 5.88 Å². The number of pyridine rings is 1. The Kier molecular flexibility index (Phi) is 9.49. The van der Waals surface area contributed by atoms with Gasteiger partial charge in [-0.25, -0.2) is 13.4 Å². The van der Waals surface area contributed by atoms with Gasteiger partial charge < -0.3 is 19.7 Å². The Labute approximate surface area is 224 Å². The SMILES string of the molecule is CCC(=Cc1ccc2c(c1)N(S(=O)(=O)c1cc(C(F)(F)F)cnc1OCCO)CC(CCC(=O)O)O2)C(C)C. The van der Waals surface area contributed by atoms with Gasteiger partial charge in [0, 0.05) is 12.6 Å². The lowest BCUT2D eigenvalue weighted by Gasteiger charge is -2.36. The number of alkyl halides is 3. The molecule has 0 bridgehead atoms. The van der Waals surface area contributed by atoms with E-state index in [-0.39, 0.29) is 36.7 Å². The highest BCUT2D eigenvalue weighted by atomic mass is 32.2. The number of anilines is 1. The van der Waals surface area contributed by atoms with Gasteiger partial charge in [-0.2, -0.15) is 13.2 Å². The summed E-state index contributed by atoms with van der Waals surface area (Å²) in [6.45, 7) is 4.77. The van der Waals surface area contributed by atoms with Gasteiger partial charge in [-0.3, -0.25) is 9.10 Å². The van der Waals surface area contributed by atoms with Crippen LogP contribution in [0.4, 0.5) is 18.9 Å². The molecule has 0 fully saturated rings. The number of hydrogen-bond donors (Lipinski definition) is 2. The molecular formula is C26H31F3N2O7S. The second-order valence-corrected chi connectivity index (χ2v) is 11.1. The van der Waals surface area contributed by atoms with E-state index >= 15 is 0 Å². The van der Waals surface area contributed by atoms with Crippen LogP contribution in [0.1, 0.15) is 51.2 Å². The average molecular weight is 573 g/mol. The summed E-state index contributed by atoms with van der Waals surface area (Å²) in [5.41, 5.74) is 0.544. The van der Waals surface area contributed by atoms with Crippen molar-refractivity contribution >= 4 is 27.8 Å². The minimum absolute atomic E-state index is 0.0372. The number of fused-ring (bicyclic) bond motifs is 1. The zero-order valence-electron chi connectivity index (χ0n) is 21.7. The predicted octanol–water partition coefficient (Wildman–Crippen LogP) is 4.74. The number of sulfonamides is 1. The summed E-state index contributed by atoms with van der Waals surface area (Å²) < 4.78 is 80.5. The van der Waals surface area contributed by atoms with Crippen molar-refractivity contribution in [1.29, 1.82) is 0 Å². The quantitative estimate of drug-likeness (QED) is 0.395. The number of carboxylic acids is 1. The van der Waals surface area contributed by atoms with Gasteiger partial charge >= 0.3 is 12.1 Å². The molecule has 0 radical (unpaired) electrons. The zero-order valence-corrected chi connectivity index (χ0v) is 22.6. The van der Waals surface area contributed by atoms with Crippen LogP contribution in [0.15, 0.2) is 40.9 Å². The molecule has 13 heteroatoms. The van der Waals surface area contributed by atoms with Gasteiger partial charge in [0.05, 0.1) is 24.4 Å². The molecule has 0 saturated carbocycles. The monoisotopic (exact) mass is 572 g/mol. The number of aliphatic hydroxyl groups is 1. The summed E-state index contributed by atoms with van der Waals surface area (Å²) in [5.74, 6) is -1.35. The van der Waals surface area contributed by atoms with E-state index in [1.54, 1.807) is 18.2 Å². The number of aliphatic carboxylic acids is 1. The van der Waals surface area contributed by atoms with Crippen LogP contribution in [-0.2, 0) is 21.0 Å². The molecule has 1 atom stereocenters. The number of nitrogens with zero attached hydrogens (tertiary/aromatic N) is 2. The Bertz CT molecular complexity index is 1330. The molecular weight excluding hydrogens is 541 g/mol. The summed E-state index contributed by atoms with van der Waals surface area (Å²) in [4.78, 5) is 13.9. The molecule has 1 aliphatic rings. The third-order valence-corrected chi connectivity index (χ3v) is 7.91. The molecule has 1 aromatic carbocycles. The molecule has 0 spiro atoms. The van der Waals surface area contributed by atoms with Gasteiger partial charge in [-0.1, -0.05) is 38.5 Å². The van der Waals surface area contributed by atoms with Gasteiger partial charge in [-0.15, -0.1) is 0 Å². The summed E-state index contributed by atoms with van der Waals surface area (Å²) in [7, 11) is -4.74. The van der Waals surface area contributed by atoms with Gasteiger partial charge in [0.25, 0.3) is 10.0 Å². The zero-order chi connectivity index (χ0) is 29.0. The standard InChI is InChI=1S/C26H31F3N2O7S/c1-4-18(16(2)3)11-17-5-7-22-21(12-17)31(15-20(38-22)6-8-24(33)34)39(35,36)23-13-19(26(27,28)29)14-30-25(23)37-10-9-32/h5,7,11-14,16,20,32H,4,6,8-10,15H2,1-3H3,(H,33,34). The van der Waals surface area contributed by atoms with E-state index in [1.807, 2.05) is 26.8 Å². The second-order valence-electron chi connectivity index (χ2n) is 9.26. The third-order valence-electron chi connectivity index (χ3n) is 6.14. The normalized spacial score (nSPS) is 16.2. The molecule has 9 nitrogen and oxygen atoms in total. The van der Waals surface area contributed by atoms with E-state index in [9.17, 15) is 26.4 Å². The van der Waals surface area contributed by atoms with Crippen LogP contribution in [0.5, 0.6) is 11.6 Å². The van der Waals surface area contributed by atoms with E-state index in [2.05, 4.69) is 4.98 Å². The Morgan fingerprint density at radius 2 is 2.03 bits per heavy atom. The fraction of sp³-hybridized carbons (Fsp3) is 0.462. The fourth-order valence-electron chi connectivity index (χ4n) is 4.11. The fourth-order valence-corrected chi connectivity index (χ4v) is 5.72. The molecule has 214 valence electrons. The summed E-state index contributed by atoms with van der Waals surface area (Å²) in [5, 5.41) is 18.2.